The molecular formula is C15H15FN2O3S. The second-order valence-corrected chi connectivity index (χ2v) is 6.73. The van der Waals surface area contributed by atoms with Crippen LogP contribution in [0, 0.1) is 5.82 Å². The molecule has 0 aliphatic carbocycles. The summed E-state index contributed by atoms with van der Waals surface area (Å²) in [6.07, 6.45) is 1.07. The Morgan fingerprint density at radius 1 is 1.14 bits per heavy atom. The molecule has 0 radical (unpaired) electrons. The van der Waals surface area contributed by atoms with Gasteiger partial charge in [-0.05, 0) is 30.3 Å². The molecular weight excluding hydrogens is 307 g/mol. The van der Waals surface area contributed by atoms with Gasteiger partial charge in [0.1, 0.15) is 5.82 Å². The number of benzene rings is 2. The maximum absolute atomic E-state index is 13.2. The molecule has 2 rings (SSSR count). The van der Waals surface area contributed by atoms with Gasteiger partial charge in [-0.25, -0.2) is 12.8 Å². The number of nitrogens with one attached hydrogen (secondary N) is 1. The Hall–Kier alpha value is -2.41. The lowest BCUT2D eigenvalue weighted by atomic mass is 10.2. The van der Waals surface area contributed by atoms with Crippen LogP contribution in [0.4, 0.5) is 15.8 Å². The van der Waals surface area contributed by atoms with Gasteiger partial charge in [0, 0.05) is 12.6 Å². The third kappa shape index (κ3) is 3.62. The third-order valence-corrected chi connectivity index (χ3v) is 4.27. The molecule has 0 saturated carbocycles. The Kier molecular flexibility index (Phi) is 4.46. The molecule has 2 aromatic carbocycles. The summed E-state index contributed by atoms with van der Waals surface area (Å²) in [7, 11) is -2.07. The predicted octanol–water partition coefficient (Wildman–Crippen LogP) is 2.47. The van der Waals surface area contributed by atoms with Gasteiger partial charge in [-0.3, -0.25) is 9.10 Å². The van der Waals surface area contributed by atoms with Crippen LogP contribution in [-0.4, -0.2) is 27.6 Å². The van der Waals surface area contributed by atoms with Crippen LogP contribution >= 0.6 is 0 Å². The minimum atomic E-state index is -3.46. The number of rotatable bonds is 4. The first-order chi connectivity index (χ1) is 10.3. The molecule has 7 heteroatoms. The van der Waals surface area contributed by atoms with Crippen molar-refractivity contribution in [3.05, 3.63) is 59.9 Å². The fourth-order valence-electron chi connectivity index (χ4n) is 1.86. The molecule has 0 bridgehead atoms. The normalized spacial score (nSPS) is 11.0. The number of amides is 1. The summed E-state index contributed by atoms with van der Waals surface area (Å²) in [6, 6.07) is 11.7. The highest BCUT2D eigenvalue weighted by atomic mass is 32.2. The van der Waals surface area contributed by atoms with Crippen molar-refractivity contribution in [1.82, 2.24) is 0 Å². The summed E-state index contributed by atoms with van der Waals surface area (Å²) in [5.74, 6) is -1.04. The summed E-state index contributed by atoms with van der Waals surface area (Å²) in [5.41, 5.74) is 0.802. The Bertz CT molecular complexity index is 806. The van der Waals surface area contributed by atoms with Gasteiger partial charge in [-0.2, -0.15) is 0 Å². The van der Waals surface area contributed by atoms with E-state index >= 15 is 0 Å². The second-order valence-electron chi connectivity index (χ2n) is 4.71. The lowest BCUT2D eigenvalue weighted by Crippen LogP contribution is -2.26. The van der Waals surface area contributed by atoms with Gasteiger partial charge in [0.25, 0.3) is 5.91 Å². The minimum absolute atomic E-state index is 0.150. The van der Waals surface area contributed by atoms with Gasteiger partial charge in [-0.1, -0.05) is 18.2 Å². The summed E-state index contributed by atoms with van der Waals surface area (Å²) < 4.78 is 37.5. The van der Waals surface area contributed by atoms with E-state index in [4.69, 9.17) is 0 Å². The lowest BCUT2D eigenvalue weighted by molar-refractivity contribution is 0.102. The summed E-state index contributed by atoms with van der Waals surface area (Å²) >= 11 is 0. The van der Waals surface area contributed by atoms with E-state index in [1.54, 1.807) is 24.3 Å². The second kappa shape index (κ2) is 6.15. The van der Waals surface area contributed by atoms with Crippen molar-refractivity contribution in [3.63, 3.8) is 0 Å². The van der Waals surface area contributed by atoms with Crippen molar-refractivity contribution >= 4 is 27.3 Å². The number of hydrogen-bond donors (Lipinski definition) is 1. The number of halogens is 1. The molecule has 0 saturated heterocycles. The maximum atomic E-state index is 13.2. The van der Waals surface area contributed by atoms with Crippen LogP contribution in [0.3, 0.4) is 0 Å². The van der Waals surface area contributed by atoms with E-state index in [0.717, 1.165) is 16.6 Å². The first-order valence-corrected chi connectivity index (χ1v) is 8.24. The molecule has 116 valence electrons. The number of carbonyl (C=O) groups excluding carboxylic acids is 1. The zero-order chi connectivity index (χ0) is 16.3. The van der Waals surface area contributed by atoms with Crippen LogP contribution < -0.4 is 9.62 Å². The number of carbonyl (C=O) groups is 1. The van der Waals surface area contributed by atoms with Gasteiger partial charge < -0.3 is 5.32 Å². The number of anilines is 2. The molecule has 2 aromatic rings. The molecule has 5 nitrogen and oxygen atoms in total. The Labute approximate surface area is 128 Å². The first kappa shape index (κ1) is 16.0. The Balaban J connectivity index is 2.33. The van der Waals surface area contributed by atoms with Gasteiger partial charge in [-0.15, -0.1) is 0 Å². The minimum Gasteiger partial charge on any atom is -0.320 e. The topological polar surface area (TPSA) is 66.5 Å². The van der Waals surface area contributed by atoms with Crippen molar-refractivity contribution in [2.75, 3.05) is 22.9 Å². The van der Waals surface area contributed by atoms with Crippen molar-refractivity contribution in [1.29, 1.82) is 0 Å². The highest BCUT2D eigenvalue weighted by Crippen LogP contribution is 2.26. The van der Waals surface area contributed by atoms with E-state index in [1.165, 1.54) is 25.2 Å². The van der Waals surface area contributed by atoms with Crippen LogP contribution in [0.15, 0.2) is 48.5 Å². The summed E-state index contributed by atoms with van der Waals surface area (Å²) in [5, 5.41) is 2.60. The number of hydrogen-bond acceptors (Lipinski definition) is 3. The summed E-state index contributed by atoms with van der Waals surface area (Å²) in [6.45, 7) is 0. The Morgan fingerprint density at radius 3 is 2.45 bits per heavy atom. The monoisotopic (exact) mass is 322 g/mol. The molecule has 0 aliphatic heterocycles. The van der Waals surface area contributed by atoms with E-state index in [9.17, 15) is 17.6 Å². The van der Waals surface area contributed by atoms with Crippen molar-refractivity contribution in [2.24, 2.45) is 0 Å². The average Bonchev–Trinajstić information content (AvgIpc) is 2.46. The van der Waals surface area contributed by atoms with Crippen molar-refractivity contribution in [3.8, 4) is 0 Å². The number of nitrogens with zero attached hydrogens (tertiary/aromatic N) is 1. The fraction of sp³-hybridized carbons (Fsp3) is 0.133. The van der Waals surface area contributed by atoms with Crippen LogP contribution in [-0.2, 0) is 10.0 Å². The molecule has 1 N–H and O–H groups in total. The molecule has 1 amide bonds. The van der Waals surface area contributed by atoms with Gasteiger partial charge in [0.05, 0.1) is 17.6 Å². The van der Waals surface area contributed by atoms with Gasteiger partial charge in [0.15, 0.2) is 0 Å². The van der Waals surface area contributed by atoms with Crippen LogP contribution in [0.5, 0.6) is 0 Å². The summed E-state index contributed by atoms with van der Waals surface area (Å²) in [4.78, 5) is 12.1. The molecule has 0 heterocycles. The SMILES string of the molecule is CN(c1ccccc1NC(=O)c1cccc(F)c1)S(C)(=O)=O. The maximum Gasteiger partial charge on any atom is 0.255 e. The fourth-order valence-corrected chi connectivity index (χ4v) is 2.37. The van der Waals surface area contributed by atoms with E-state index in [1.807, 2.05) is 0 Å². The number of sulfonamides is 1. The molecule has 0 fully saturated rings. The quantitative estimate of drug-likeness (QED) is 0.940. The zero-order valence-electron chi connectivity index (χ0n) is 12.1. The zero-order valence-corrected chi connectivity index (χ0v) is 12.9. The highest BCUT2D eigenvalue weighted by Gasteiger charge is 2.17. The average molecular weight is 322 g/mol. The van der Waals surface area contributed by atoms with Crippen LogP contribution in [0.1, 0.15) is 10.4 Å². The van der Waals surface area contributed by atoms with Gasteiger partial charge in [0.2, 0.25) is 10.0 Å². The van der Waals surface area contributed by atoms with E-state index in [-0.39, 0.29) is 5.56 Å². The molecule has 0 aromatic heterocycles. The van der Waals surface area contributed by atoms with E-state index in [2.05, 4.69) is 5.32 Å². The molecule has 0 atom stereocenters. The van der Waals surface area contributed by atoms with Crippen molar-refractivity contribution < 1.29 is 17.6 Å². The standard InChI is InChI=1S/C15H15FN2O3S/c1-18(22(2,20)21)14-9-4-3-8-13(14)17-15(19)11-6-5-7-12(16)10-11/h3-10H,1-2H3,(H,17,19). The van der Waals surface area contributed by atoms with E-state index < -0.39 is 21.7 Å². The largest absolute Gasteiger partial charge is 0.320 e. The van der Waals surface area contributed by atoms with Crippen LogP contribution in [0.2, 0.25) is 0 Å². The molecule has 0 unspecified atom stereocenters. The number of para-hydroxylation sites is 2. The van der Waals surface area contributed by atoms with E-state index in [0.29, 0.717) is 11.4 Å². The molecule has 0 aliphatic rings. The lowest BCUT2D eigenvalue weighted by Gasteiger charge is -2.20. The Morgan fingerprint density at radius 2 is 1.82 bits per heavy atom. The smallest absolute Gasteiger partial charge is 0.255 e. The van der Waals surface area contributed by atoms with Gasteiger partial charge >= 0.3 is 0 Å². The van der Waals surface area contributed by atoms with Crippen molar-refractivity contribution in [2.45, 2.75) is 0 Å². The first-order valence-electron chi connectivity index (χ1n) is 6.39. The molecule has 0 spiro atoms. The third-order valence-electron chi connectivity index (χ3n) is 3.08. The van der Waals surface area contributed by atoms with Crippen LogP contribution in [0.25, 0.3) is 0 Å². The molecule has 22 heavy (non-hydrogen) atoms. The predicted molar refractivity (Wildman–Crippen MR) is 84.0 cm³/mol. The highest BCUT2D eigenvalue weighted by molar-refractivity contribution is 7.92.